The van der Waals surface area contributed by atoms with Crippen LogP contribution in [-0.4, -0.2) is 34.7 Å². The van der Waals surface area contributed by atoms with Crippen LogP contribution in [0.2, 0.25) is 0 Å². The average Bonchev–Trinajstić information content (AvgIpc) is 2.84. The Morgan fingerprint density at radius 1 is 1.47 bits per heavy atom. The summed E-state index contributed by atoms with van der Waals surface area (Å²) >= 11 is 0. The number of oxazole rings is 1. The van der Waals surface area contributed by atoms with Gasteiger partial charge in [0.15, 0.2) is 5.69 Å². The van der Waals surface area contributed by atoms with Gasteiger partial charge >= 0.3 is 12.0 Å². The van der Waals surface area contributed by atoms with Gasteiger partial charge in [-0.25, -0.2) is 17.9 Å². The Kier molecular flexibility index (Phi) is 3.02. The lowest BCUT2D eigenvalue weighted by Gasteiger charge is -2.03. The third-order valence-electron chi connectivity index (χ3n) is 2.20. The van der Waals surface area contributed by atoms with Crippen molar-refractivity contribution in [3.63, 3.8) is 0 Å². The maximum atomic E-state index is 12.1. The molecule has 0 aliphatic rings. The molecule has 10 heteroatoms. The van der Waals surface area contributed by atoms with Gasteiger partial charge < -0.3 is 9.52 Å². The predicted octanol–water partition coefficient (Wildman–Crippen LogP) is 0.514. The molecule has 0 fully saturated rings. The molecule has 2 aromatic heterocycles. The molecular formula is C9H10N4O5S. The molecule has 19 heavy (non-hydrogen) atoms. The largest absolute Gasteiger partial charge is 0.476 e. The normalized spacial score (nSPS) is 11.5. The Hall–Kier alpha value is -2.36. The second kappa shape index (κ2) is 4.39. The zero-order valence-corrected chi connectivity index (χ0v) is 10.8. The molecule has 0 bridgehead atoms. The molecule has 0 radical (unpaired) electrons. The number of H-pyrrole nitrogens is 1. The Bertz CT molecular complexity index is 730. The number of aromatic nitrogens is 3. The number of hydrogen-bond acceptors (Lipinski definition) is 6. The molecule has 2 aromatic rings. The molecule has 0 spiro atoms. The first kappa shape index (κ1) is 13.1. The van der Waals surface area contributed by atoms with E-state index in [1.807, 2.05) is 4.72 Å². The Labute approximate surface area is 107 Å². The average molecular weight is 286 g/mol. The van der Waals surface area contributed by atoms with Crippen molar-refractivity contribution in [1.29, 1.82) is 0 Å². The molecule has 0 aromatic carbocycles. The van der Waals surface area contributed by atoms with E-state index in [0.717, 1.165) is 0 Å². The summed E-state index contributed by atoms with van der Waals surface area (Å²) < 4.78 is 31.1. The van der Waals surface area contributed by atoms with Crippen LogP contribution >= 0.6 is 0 Å². The topological polar surface area (TPSA) is 138 Å². The predicted molar refractivity (Wildman–Crippen MR) is 62.3 cm³/mol. The zero-order chi connectivity index (χ0) is 14.2. The monoisotopic (exact) mass is 286 g/mol. The maximum absolute atomic E-state index is 12.1. The van der Waals surface area contributed by atoms with E-state index in [1.54, 1.807) is 6.92 Å². The number of aromatic carboxylic acids is 1. The van der Waals surface area contributed by atoms with Gasteiger partial charge in [-0.05, 0) is 13.8 Å². The number of sulfonamides is 1. The molecule has 0 aliphatic carbocycles. The minimum Gasteiger partial charge on any atom is -0.476 e. The van der Waals surface area contributed by atoms with Crippen molar-refractivity contribution in [2.75, 3.05) is 4.72 Å². The highest BCUT2D eigenvalue weighted by atomic mass is 32.2. The molecule has 0 aliphatic heterocycles. The van der Waals surface area contributed by atoms with E-state index in [2.05, 4.69) is 15.2 Å². The van der Waals surface area contributed by atoms with Crippen molar-refractivity contribution >= 4 is 22.0 Å². The van der Waals surface area contributed by atoms with E-state index >= 15 is 0 Å². The van der Waals surface area contributed by atoms with Gasteiger partial charge in [-0.2, -0.15) is 10.1 Å². The lowest BCUT2D eigenvalue weighted by molar-refractivity contribution is 0.0686. The molecule has 3 N–H and O–H groups in total. The summed E-state index contributed by atoms with van der Waals surface area (Å²) in [5.74, 6) is -1.45. The van der Waals surface area contributed by atoms with Crippen LogP contribution in [0, 0.1) is 13.8 Å². The minimum absolute atomic E-state index is 0.105. The van der Waals surface area contributed by atoms with Crippen LogP contribution in [0.1, 0.15) is 21.9 Å². The van der Waals surface area contributed by atoms with E-state index < -0.39 is 26.6 Å². The van der Waals surface area contributed by atoms with Crippen LogP contribution in [0.15, 0.2) is 15.6 Å². The van der Waals surface area contributed by atoms with Gasteiger partial charge in [0.1, 0.15) is 11.2 Å². The molecule has 0 amide bonds. The number of hydrogen-bond donors (Lipinski definition) is 3. The van der Waals surface area contributed by atoms with Gasteiger partial charge in [0.2, 0.25) is 0 Å². The minimum atomic E-state index is -4.14. The van der Waals surface area contributed by atoms with Gasteiger partial charge in [-0.1, -0.05) is 0 Å². The summed E-state index contributed by atoms with van der Waals surface area (Å²) in [7, 11) is -4.14. The summed E-state index contributed by atoms with van der Waals surface area (Å²) in [6.45, 7) is 3.02. The second-order valence-corrected chi connectivity index (χ2v) is 5.35. The summed E-state index contributed by atoms with van der Waals surface area (Å²) in [5.41, 5.74) is 0.00142. The van der Waals surface area contributed by atoms with Gasteiger partial charge in [-0.3, -0.25) is 5.10 Å². The van der Waals surface area contributed by atoms with Crippen LogP contribution in [0.5, 0.6) is 0 Å². The van der Waals surface area contributed by atoms with E-state index in [4.69, 9.17) is 9.52 Å². The van der Waals surface area contributed by atoms with E-state index in [9.17, 15) is 13.2 Å². The third-order valence-corrected chi connectivity index (χ3v) is 3.68. The fourth-order valence-electron chi connectivity index (χ4n) is 1.46. The first-order valence-corrected chi connectivity index (χ1v) is 6.53. The quantitative estimate of drug-likeness (QED) is 0.744. The zero-order valence-electron chi connectivity index (χ0n) is 9.96. The lowest BCUT2D eigenvalue weighted by atomic mass is 10.4. The summed E-state index contributed by atoms with van der Waals surface area (Å²) in [6, 6.07) is -0.241. The Morgan fingerprint density at radius 2 is 2.16 bits per heavy atom. The molecule has 102 valence electrons. The number of rotatable bonds is 4. The second-order valence-electron chi connectivity index (χ2n) is 3.73. The molecule has 0 unspecified atom stereocenters. The number of anilines is 1. The van der Waals surface area contributed by atoms with Crippen molar-refractivity contribution in [3.8, 4) is 0 Å². The van der Waals surface area contributed by atoms with Crippen LogP contribution in [-0.2, 0) is 10.0 Å². The van der Waals surface area contributed by atoms with Crippen LogP contribution in [0.3, 0.4) is 0 Å². The number of carboxylic acids is 1. The molecule has 0 saturated heterocycles. The Morgan fingerprint density at radius 3 is 2.68 bits per heavy atom. The summed E-state index contributed by atoms with van der Waals surface area (Å²) in [4.78, 5) is 14.3. The van der Waals surface area contributed by atoms with E-state index in [1.165, 1.54) is 13.2 Å². The molecular weight excluding hydrogens is 276 g/mol. The van der Waals surface area contributed by atoms with Crippen molar-refractivity contribution in [3.05, 3.63) is 23.3 Å². The SMILES string of the molecule is Cc1coc(NS(=O)(=O)c2c(C(=O)O)n[nH]c2C)n1. The molecule has 2 rings (SSSR count). The van der Waals surface area contributed by atoms with Crippen molar-refractivity contribution in [2.45, 2.75) is 18.7 Å². The highest BCUT2D eigenvalue weighted by Gasteiger charge is 2.29. The first-order chi connectivity index (χ1) is 8.81. The third kappa shape index (κ3) is 2.42. The Balaban J connectivity index is 2.45. The van der Waals surface area contributed by atoms with Gasteiger partial charge in [0, 0.05) is 0 Å². The standard InChI is InChI=1S/C9H10N4O5S/c1-4-3-18-9(10-4)13-19(16,17)7-5(2)11-12-6(7)8(14)15/h3H,1-2H3,(H,10,13)(H,11,12)(H,14,15). The van der Waals surface area contributed by atoms with Gasteiger partial charge in [0.25, 0.3) is 10.0 Å². The fraction of sp³-hybridized carbons (Fsp3) is 0.222. The smallest absolute Gasteiger partial charge is 0.357 e. The number of aryl methyl sites for hydroxylation is 2. The van der Waals surface area contributed by atoms with E-state index in [0.29, 0.717) is 5.69 Å². The fourth-order valence-corrected chi connectivity index (χ4v) is 2.72. The van der Waals surface area contributed by atoms with Crippen molar-refractivity contribution < 1.29 is 22.7 Å². The molecule has 2 heterocycles. The number of aromatic amines is 1. The van der Waals surface area contributed by atoms with Crippen LogP contribution in [0.4, 0.5) is 6.01 Å². The van der Waals surface area contributed by atoms with E-state index in [-0.39, 0.29) is 11.7 Å². The summed E-state index contributed by atoms with van der Waals surface area (Å²) in [5, 5.41) is 14.6. The number of carbonyl (C=O) groups is 1. The highest BCUT2D eigenvalue weighted by Crippen LogP contribution is 2.21. The first-order valence-electron chi connectivity index (χ1n) is 5.04. The van der Waals surface area contributed by atoms with Crippen LogP contribution < -0.4 is 4.72 Å². The lowest BCUT2D eigenvalue weighted by Crippen LogP contribution is -2.17. The summed E-state index contributed by atoms with van der Waals surface area (Å²) in [6.07, 6.45) is 1.26. The molecule has 0 saturated carbocycles. The number of nitrogens with one attached hydrogen (secondary N) is 2. The molecule has 0 atom stereocenters. The number of nitrogens with zero attached hydrogens (tertiary/aromatic N) is 2. The van der Waals surface area contributed by atoms with Crippen molar-refractivity contribution in [1.82, 2.24) is 15.2 Å². The molecule has 9 nitrogen and oxygen atoms in total. The van der Waals surface area contributed by atoms with Gasteiger partial charge in [-0.15, -0.1) is 0 Å². The van der Waals surface area contributed by atoms with Gasteiger partial charge in [0.05, 0.1) is 11.4 Å². The number of carboxylic acid groups (broad SMARTS) is 1. The highest BCUT2D eigenvalue weighted by molar-refractivity contribution is 7.92. The van der Waals surface area contributed by atoms with Crippen molar-refractivity contribution in [2.24, 2.45) is 0 Å². The maximum Gasteiger partial charge on any atom is 0.357 e. The van der Waals surface area contributed by atoms with Crippen LogP contribution in [0.25, 0.3) is 0 Å².